The number of anilines is 1. The summed E-state index contributed by atoms with van der Waals surface area (Å²) < 4.78 is 5.19. The Morgan fingerprint density at radius 2 is 2.05 bits per heavy atom. The average molecular weight is 301 g/mol. The predicted octanol–water partition coefficient (Wildman–Crippen LogP) is 2.73. The number of hydrogen-bond acceptors (Lipinski definition) is 6. The van der Waals surface area contributed by atoms with Crippen LogP contribution in [-0.4, -0.2) is 46.2 Å². The summed E-state index contributed by atoms with van der Waals surface area (Å²) in [6.07, 6.45) is 7.16. The van der Waals surface area contributed by atoms with Gasteiger partial charge in [0.1, 0.15) is 5.82 Å². The van der Waals surface area contributed by atoms with E-state index < -0.39 is 0 Å². The van der Waals surface area contributed by atoms with Crippen molar-refractivity contribution in [3.05, 3.63) is 24.2 Å². The molecule has 0 saturated carbocycles. The van der Waals surface area contributed by atoms with Gasteiger partial charge >= 0.3 is 0 Å². The van der Waals surface area contributed by atoms with Crippen LogP contribution in [0.15, 0.2) is 22.9 Å². The zero-order valence-corrected chi connectivity index (χ0v) is 13.1. The molecule has 1 fully saturated rings. The van der Waals surface area contributed by atoms with Crippen molar-refractivity contribution in [2.24, 2.45) is 0 Å². The highest BCUT2D eigenvalue weighted by Crippen LogP contribution is 2.19. The van der Waals surface area contributed by atoms with Crippen LogP contribution >= 0.6 is 0 Å². The molecule has 1 N–H and O–H groups in total. The van der Waals surface area contributed by atoms with Gasteiger partial charge in [0.15, 0.2) is 5.82 Å². The van der Waals surface area contributed by atoms with Crippen LogP contribution < -0.4 is 5.32 Å². The van der Waals surface area contributed by atoms with E-state index in [-0.39, 0.29) is 0 Å². The fraction of sp³-hybridized carbons (Fsp3) is 0.562. The van der Waals surface area contributed by atoms with Crippen molar-refractivity contribution >= 4 is 5.82 Å². The van der Waals surface area contributed by atoms with Gasteiger partial charge < -0.3 is 14.7 Å². The van der Waals surface area contributed by atoms with Gasteiger partial charge in [0.2, 0.25) is 0 Å². The Hall–Kier alpha value is -1.95. The minimum absolute atomic E-state index is 0.537. The summed E-state index contributed by atoms with van der Waals surface area (Å²) in [7, 11) is 0. The van der Waals surface area contributed by atoms with E-state index in [4.69, 9.17) is 4.52 Å². The van der Waals surface area contributed by atoms with Crippen LogP contribution in [0.3, 0.4) is 0 Å². The van der Waals surface area contributed by atoms with Gasteiger partial charge in [0.25, 0.3) is 5.89 Å². The van der Waals surface area contributed by atoms with Crippen LogP contribution in [0.4, 0.5) is 5.82 Å². The summed E-state index contributed by atoms with van der Waals surface area (Å²) in [5.74, 6) is 2.03. The third kappa shape index (κ3) is 4.04. The van der Waals surface area contributed by atoms with Crippen LogP contribution in [0, 0.1) is 6.92 Å². The summed E-state index contributed by atoms with van der Waals surface area (Å²) >= 11 is 0. The van der Waals surface area contributed by atoms with Gasteiger partial charge in [-0.3, -0.25) is 0 Å². The number of rotatable bonds is 5. The van der Waals surface area contributed by atoms with Crippen molar-refractivity contribution in [1.29, 1.82) is 0 Å². The molecule has 0 bridgehead atoms. The molecule has 3 rings (SSSR count). The molecule has 6 nitrogen and oxygen atoms in total. The topological polar surface area (TPSA) is 67.1 Å². The highest BCUT2D eigenvalue weighted by molar-refractivity contribution is 5.57. The lowest BCUT2D eigenvalue weighted by molar-refractivity contribution is 0.296. The highest BCUT2D eigenvalue weighted by Gasteiger charge is 2.09. The first-order valence-electron chi connectivity index (χ1n) is 8.04. The summed E-state index contributed by atoms with van der Waals surface area (Å²) in [4.78, 5) is 11.1. The largest absolute Gasteiger partial charge is 0.369 e. The molecule has 0 aliphatic carbocycles. The lowest BCUT2D eigenvalue weighted by Crippen LogP contribution is -2.30. The first-order valence-corrected chi connectivity index (χ1v) is 8.04. The molecule has 1 aliphatic rings. The summed E-state index contributed by atoms with van der Waals surface area (Å²) in [5.41, 5.74) is 0.896. The minimum atomic E-state index is 0.537. The van der Waals surface area contributed by atoms with E-state index in [2.05, 4.69) is 25.3 Å². The Balaban J connectivity index is 1.54. The van der Waals surface area contributed by atoms with E-state index in [1.807, 2.05) is 19.1 Å². The Bertz CT molecular complexity index is 590. The molecule has 0 unspecified atom stereocenters. The lowest BCUT2D eigenvalue weighted by atomic mass is 10.2. The van der Waals surface area contributed by atoms with E-state index in [0.29, 0.717) is 11.7 Å². The third-order valence-electron chi connectivity index (χ3n) is 3.97. The molecule has 0 spiro atoms. The first-order chi connectivity index (χ1) is 10.8. The van der Waals surface area contributed by atoms with Gasteiger partial charge in [-0.15, -0.1) is 0 Å². The second kappa shape index (κ2) is 7.35. The molecule has 2 aromatic heterocycles. The molecule has 118 valence electrons. The number of nitrogens with one attached hydrogen (secondary N) is 1. The first kappa shape index (κ1) is 15.0. The molecule has 0 atom stereocenters. The van der Waals surface area contributed by atoms with Crippen molar-refractivity contribution in [3.63, 3.8) is 0 Å². The van der Waals surface area contributed by atoms with Crippen molar-refractivity contribution in [2.45, 2.75) is 32.6 Å². The normalized spacial score (nSPS) is 16.4. The van der Waals surface area contributed by atoms with E-state index in [1.54, 1.807) is 6.20 Å². The Labute approximate surface area is 130 Å². The molecular formula is C16H23N5O. The highest BCUT2D eigenvalue weighted by atomic mass is 16.5. The predicted molar refractivity (Wildman–Crippen MR) is 85.7 cm³/mol. The smallest absolute Gasteiger partial charge is 0.258 e. The van der Waals surface area contributed by atoms with E-state index in [1.165, 1.54) is 38.8 Å². The number of hydrogen-bond donors (Lipinski definition) is 1. The fourth-order valence-corrected chi connectivity index (χ4v) is 2.78. The van der Waals surface area contributed by atoms with Gasteiger partial charge in [-0.25, -0.2) is 4.98 Å². The Kier molecular flexibility index (Phi) is 5.00. The van der Waals surface area contributed by atoms with Crippen molar-refractivity contribution in [1.82, 2.24) is 20.0 Å². The monoisotopic (exact) mass is 301 g/mol. The van der Waals surface area contributed by atoms with Crippen LogP contribution in [0.5, 0.6) is 0 Å². The Morgan fingerprint density at radius 3 is 2.77 bits per heavy atom. The van der Waals surface area contributed by atoms with Crippen LogP contribution in [0.2, 0.25) is 0 Å². The zero-order valence-electron chi connectivity index (χ0n) is 13.1. The zero-order chi connectivity index (χ0) is 15.2. The van der Waals surface area contributed by atoms with Crippen LogP contribution in [0.1, 0.15) is 31.5 Å². The van der Waals surface area contributed by atoms with Gasteiger partial charge in [0, 0.05) is 24.8 Å². The van der Waals surface area contributed by atoms with Gasteiger partial charge in [0.05, 0.1) is 0 Å². The number of likely N-dealkylation sites (tertiary alicyclic amines) is 1. The van der Waals surface area contributed by atoms with Crippen LogP contribution in [0.25, 0.3) is 11.5 Å². The van der Waals surface area contributed by atoms with Crippen LogP contribution in [-0.2, 0) is 0 Å². The van der Waals surface area contributed by atoms with Crippen molar-refractivity contribution in [3.8, 4) is 11.5 Å². The molecule has 3 heterocycles. The summed E-state index contributed by atoms with van der Waals surface area (Å²) in [6.45, 7) is 6.21. The number of aromatic nitrogens is 3. The molecule has 1 saturated heterocycles. The molecule has 0 amide bonds. The maximum atomic E-state index is 5.19. The molecule has 2 aromatic rings. The molecule has 0 radical (unpaired) electrons. The maximum absolute atomic E-state index is 5.19. The van der Waals surface area contributed by atoms with E-state index in [0.717, 1.165) is 24.5 Å². The van der Waals surface area contributed by atoms with E-state index in [9.17, 15) is 0 Å². The number of nitrogens with zero attached hydrogens (tertiary/aromatic N) is 4. The van der Waals surface area contributed by atoms with Gasteiger partial charge in [-0.05, 0) is 45.0 Å². The second-order valence-electron chi connectivity index (χ2n) is 5.76. The lowest BCUT2D eigenvalue weighted by Gasteiger charge is -2.19. The molecule has 0 aromatic carbocycles. The van der Waals surface area contributed by atoms with Crippen molar-refractivity contribution in [2.75, 3.05) is 31.5 Å². The molecular weight excluding hydrogens is 278 g/mol. The standard InChI is InChI=1S/C16H23N5O/c1-13-19-16(22-20-13)14-6-7-17-15(12-14)18-8-11-21-9-4-2-3-5-10-21/h6-7,12H,2-5,8-11H2,1H3,(H,17,18). The number of aryl methyl sites for hydroxylation is 1. The quantitative estimate of drug-likeness (QED) is 0.916. The fourth-order valence-electron chi connectivity index (χ4n) is 2.78. The molecule has 6 heteroatoms. The van der Waals surface area contributed by atoms with Gasteiger partial charge in [-0.1, -0.05) is 18.0 Å². The minimum Gasteiger partial charge on any atom is -0.369 e. The Morgan fingerprint density at radius 1 is 1.23 bits per heavy atom. The maximum Gasteiger partial charge on any atom is 0.258 e. The molecule has 22 heavy (non-hydrogen) atoms. The van der Waals surface area contributed by atoms with Crippen molar-refractivity contribution < 1.29 is 4.52 Å². The SMILES string of the molecule is Cc1noc(-c2ccnc(NCCN3CCCCCC3)c2)n1. The van der Waals surface area contributed by atoms with E-state index >= 15 is 0 Å². The number of pyridine rings is 1. The third-order valence-corrected chi connectivity index (χ3v) is 3.97. The summed E-state index contributed by atoms with van der Waals surface area (Å²) in [5, 5.41) is 7.21. The summed E-state index contributed by atoms with van der Waals surface area (Å²) in [6, 6.07) is 3.84. The van der Waals surface area contributed by atoms with Gasteiger partial charge in [-0.2, -0.15) is 4.98 Å². The average Bonchev–Trinajstić information content (AvgIpc) is 2.81. The molecule has 1 aliphatic heterocycles. The second-order valence-corrected chi connectivity index (χ2v) is 5.76.